The van der Waals surface area contributed by atoms with Gasteiger partial charge in [0.1, 0.15) is 0 Å². The van der Waals surface area contributed by atoms with Crippen LogP contribution in [0.15, 0.2) is 34.9 Å². The molecule has 84 valence electrons. The van der Waals surface area contributed by atoms with E-state index in [4.69, 9.17) is 0 Å². The van der Waals surface area contributed by atoms with E-state index in [-0.39, 0.29) is 5.78 Å². The van der Waals surface area contributed by atoms with Gasteiger partial charge in [-0.1, -0.05) is 28.9 Å². The Bertz CT molecular complexity index is 299. The van der Waals surface area contributed by atoms with Crippen molar-refractivity contribution in [2.45, 2.75) is 47.5 Å². The average molecular weight is 206 g/mol. The number of carbonyl (C=O) groups excluding carboxylic acids is 1. The Morgan fingerprint density at radius 3 is 2.00 bits per heavy atom. The van der Waals surface area contributed by atoms with Crippen molar-refractivity contribution < 1.29 is 4.79 Å². The van der Waals surface area contributed by atoms with E-state index in [1.165, 1.54) is 11.1 Å². The third-order valence-corrected chi connectivity index (χ3v) is 2.00. The van der Waals surface area contributed by atoms with E-state index >= 15 is 0 Å². The van der Waals surface area contributed by atoms with E-state index in [9.17, 15) is 4.79 Å². The summed E-state index contributed by atoms with van der Waals surface area (Å²) in [4.78, 5) is 10.8. The van der Waals surface area contributed by atoms with Gasteiger partial charge in [-0.05, 0) is 53.5 Å². The highest BCUT2D eigenvalue weighted by molar-refractivity contribution is 5.87. The van der Waals surface area contributed by atoms with Crippen LogP contribution < -0.4 is 0 Å². The van der Waals surface area contributed by atoms with Crippen LogP contribution in [0.3, 0.4) is 0 Å². The SMILES string of the molecule is CC(=O)C=C(C)CC(C)=CCC=C(C)C. The van der Waals surface area contributed by atoms with Crippen molar-refractivity contribution in [3.63, 3.8) is 0 Å². The van der Waals surface area contributed by atoms with Gasteiger partial charge in [-0.25, -0.2) is 0 Å². The molecule has 0 amide bonds. The predicted octanol–water partition coefficient (Wildman–Crippen LogP) is 4.21. The summed E-state index contributed by atoms with van der Waals surface area (Å²) in [5.74, 6) is 0.129. The molecule has 1 heteroatoms. The molecule has 0 fully saturated rings. The molecular weight excluding hydrogens is 184 g/mol. The van der Waals surface area contributed by atoms with Gasteiger partial charge in [-0.3, -0.25) is 4.79 Å². The maximum absolute atomic E-state index is 10.8. The molecule has 0 N–H and O–H groups in total. The molecule has 0 saturated carbocycles. The van der Waals surface area contributed by atoms with Crippen LogP contribution in [-0.2, 0) is 4.79 Å². The fraction of sp³-hybridized carbons (Fsp3) is 0.500. The zero-order valence-electron chi connectivity index (χ0n) is 10.6. The summed E-state index contributed by atoms with van der Waals surface area (Å²) in [5, 5.41) is 0. The van der Waals surface area contributed by atoms with Crippen molar-refractivity contribution in [2.24, 2.45) is 0 Å². The quantitative estimate of drug-likeness (QED) is 0.486. The third kappa shape index (κ3) is 9.20. The lowest BCUT2D eigenvalue weighted by Crippen LogP contribution is -1.87. The number of ketones is 1. The van der Waals surface area contributed by atoms with Gasteiger partial charge in [0.15, 0.2) is 5.78 Å². The van der Waals surface area contributed by atoms with Crippen molar-refractivity contribution >= 4 is 5.78 Å². The van der Waals surface area contributed by atoms with Crippen LogP contribution >= 0.6 is 0 Å². The normalized spacial score (nSPS) is 12.6. The Hall–Kier alpha value is -1.11. The molecule has 0 aromatic carbocycles. The molecule has 0 radical (unpaired) electrons. The maximum atomic E-state index is 10.8. The van der Waals surface area contributed by atoms with Crippen LogP contribution in [0.4, 0.5) is 0 Å². The van der Waals surface area contributed by atoms with Crippen molar-refractivity contribution in [1.82, 2.24) is 0 Å². The lowest BCUT2D eigenvalue weighted by molar-refractivity contribution is -0.112. The molecular formula is C14H22O. The number of hydrogen-bond acceptors (Lipinski definition) is 1. The van der Waals surface area contributed by atoms with Crippen molar-refractivity contribution in [3.8, 4) is 0 Å². The summed E-state index contributed by atoms with van der Waals surface area (Å²) in [6, 6.07) is 0. The van der Waals surface area contributed by atoms with Gasteiger partial charge >= 0.3 is 0 Å². The first-order valence-corrected chi connectivity index (χ1v) is 5.38. The topological polar surface area (TPSA) is 17.1 Å². The molecule has 0 aromatic rings. The van der Waals surface area contributed by atoms with Crippen LogP contribution in [-0.4, -0.2) is 5.78 Å². The second kappa shape index (κ2) is 7.22. The van der Waals surface area contributed by atoms with Gasteiger partial charge in [-0.2, -0.15) is 0 Å². The standard InChI is InChI=1S/C14H22O/c1-11(2)7-6-8-12(3)9-13(4)10-14(5)15/h7-8,10H,6,9H2,1-5H3. The third-order valence-electron chi connectivity index (χ3n) is 2.00. The van der Waals surface area contributed by atoms with Crippen molar-refractivity contribution in [3.05, 3.63) is 34.9 Å². The predicted molar refractivity (Wildman–Crippen MR) is 66.9 cm³/mol. The molecule has 0 aliphatic carbocycles. The van der Waals surface area contributed by atoms with Crippen molar-refractivity contribution in [1.29, 1.82) is 0 Å². The molecule has 15 heavy (non-hydrogen) atoms. The minimum atomic E-state index is 0.129. The molecule has 0 atom stereocenters. The second-order valence-electron chi connectivity index (χ2n) is 4.35. The molecule has 0 aromatic heterocycles. The molecule has 0 spiro atoms. The minimum Gasteiger partial charge on any atom is -0.295 e. The summed E-state index contributed by atoms with van der Waals surface area (Å²) in [5.41, 5.74) is 3.80. The summed E-state index contributed by atoms with van der Waals surface area (Å²) in [7, 11) is 0. The van der Waals surface area contributed by atoms with E-state index in [1.54, 1.807) is 13.0 Å². The summed E-state index contributed by atoms with van der Waals surface area (Å²) in [6.07, 6.45) is 8.01. The Morgan fingerprint density at radius 1 is 0.933 bits per heavy atom. The van der Waals surface area contributed by atoms with Gasteiger partial charge in [0.05, 0.1) is 0 Å². The summed E-state index contributed by atoms with van der Waals surface area (Å²) >= 11 is 0. The van der Waals surface area contributed by atoms with Gasteiger partial charge in [0, 0.05) is 0 Å². The highest BCUT2D eigenvalue weighted by Gasteiger charge is 1.94. The van der Waals surface area contributed by atoms with Crippen LogP contribution in [0, 0.1) is 0 Å². The highest BCUT2D eigenvalue weighted by Crippen LogP contribution is 2.11. The smallest absolute Gasteiger partial charge is 0.152 e. The zero-order valence-corrected chi connectivity index (χ0v) is 10.6. The van der Waals surface area contributed by atoms with E-state index in [1.807, 2.05) is 6.92 Å². The first kappa shape index (κ1) is 13.9. The van der Waals surface area contributed by atoms with Gasteiger partial charge < -0.3 is 0 Å². The first-order valence-electron chi connectivity index (χ1n) is 5.38. The van der Waals surface area contributed by atoms with E-state index in [0.29, 0.717) is 0 Å². The molecule has 0 bridgehead atoms. The Morgan fingerprint density at radius 2 is 1.53 bits per heavy atom. The largest absolute Gasteiger partial charge is 0.295 e. The van der Waals surface area contributed by atoms with E-state index in [0.717, 1.165) is 18.4 Å². The Labute approximate surface area is 93.6 Å². The molecule has 0 unspecified atom stereocenters. The summed E-state index contributed by atoms with van der Waals surface area (Å²) < 4.78 is 0. The minimum absolute atomic E-state index is 0.129. The number of allylic oxidation sites excluding steroid dienone is 6. The lowest BCUT2D eigenvalue weighted by atomic mass is 10.1. The van der Waals surface area contributed by atoms with E-state index < -0.39 is 0 Å². The van der Waals surface area contributed by atoms with Crippen LogP contribution in [0.2, 0.25) is 0 Å². The molecule has 0 rings (SSSR count). The average Bonchev–Trinajstić information content (AvgIpc) is 2.00. The first-order chi connectivity index (χ1) is 6.91. The molecule has 0 heterocycles. The van der Waals surface area contributed by atoms with Crippen LogP contribution in [0.5, 0.6) is 0 Å². The fourth-order valence-corrected chi connectivity index (χ4v) is 1.41. The summed E-state index contributed by atoms with van der Waals surface area (Å²) in [6.45, 7) is 9.90. The number of rotatable bonds is 5. The molecule has 0 aliphatic heterocycles. The van der Waals surface area contributed by atoms with Crippen LogP contribution in [0.1, 0.15) is 47.5 Å². The molecule has 0 saturated heterocycles. The second-order valence-corrected chi connectivity index (χ2v) is 4.35. The fourth-order valence-electron chi connectivity index (χ4n) is 1.41. The number of carbonyl (C=O) groups is 1. The van der Waals surface area contributed by atoms with Gasteiger partial charge in [0.25, 0.3) is 0 Å². The maximum Gasteiger partial charge on any atom is 0.152 e. The monoisotopic (exact) mass is 206 g/mol. The van der Waals surface area contributed by atoms with Crippen molar-refractivity contribution in [2.75, 3.05) is 0 Å². The molecule has 1 nitrogen and oxygen atoms in total. The molecule has 0 aliphatic rings. The zero-order chi connectivity index (χ0) is 11.8. The Kier molecular flexibility index (Phi) is 6.68. The lowest BCUT2D eigenvalue weighted by Gasteiger charge is -2.00. The Balaban J connectivity index is 4.18. The highest BCUT2D eigenvalue weighted by atomic mass is 16.1. The van der Waals surface area contributed by atoms with Gasteiger partial charge in [-0.15, -0.1) is 0 Å². The van der Waals surface area contributed by atoms with E-state index in [2.05, 4.69) is 32.9 Å². The number of hydrogen-bond donors (Lipinski definition) is 0. The van der Waals surface area contributed by atoms with Gasteiger partial charge in [0.2, 0.25) is 0 Å². The van der Waals surface area contributed by atoms with Crippen LogP contribution in [0.25, 0.3) is 0 Å².